The Morgan fingerprint density at radius 2 is 0.518 bits per heavy atom. The highest BCUT2D eigenvalue weighted by atomic mass is 16.6. The molecule has 0 fully saturated rings. The molecule has 0 aromatic carbocycles. The Balaban J connectivity index is 4.27. The maximum Gasteiger partial charge on any atom is 0.306 e. The van der Waals surface area contributed by atoms with E-state index in [0.29, 0.717) is 19.3 Å². The van der Waals surface area contributed by atoms with E-state index in [1.54, 1.807) is 0 Å². The van der Waals surface area contributed by atoms with E-state index >= 15 is 0 Å². The fourth-order valence-corrected chi connectivity index (χ4v) is 9.46. The van der Waals surface area contributed by atoms with Crippen LogP contribution in [0, 0.1) is 0 Å². The van der Waals surface area contributed by atoms with Gasteiger partial charge in [0.2, 0.25) is 0 Å². The van der Waals surface area contributed by atoms with Crippen molar-refractivity contribution in [3.8, 4) is 0 Å². The van der Waals surface area contributed by atoms with Crippen LogP contribution in [-0.4, -0.2) is 37.2 Å². The molecule has 1 atom stereocenters. The van der Waals surface area contributed by atoms with E-state index in [1.165, 1.54) is 148 Å². The highest BCUT2D eigenvalue weighted by Gasteiger charge is 2.19. The second-order valence-electron chi connectivity index (χ2n) is 22.7. The Morgan fingerprint density at radius 1 is 0.253 bits per heavy atom. The highest BCUT2D eigenvalue weighted by Crippen LogP contribution is 2.16. The van der Waals surface area contributed by atoms with Gasteiger partial charge < -0.3 is 14.2 Å². The molecule has 6 heteroatoms. The van der Waals surface area contributed by atoms with Gasteiger partial charge in [-0.05, 0) is 122 Å². The van der Waals surface area contributed by atoms with E-state index in [0.717, 1.165) is 122 Å². The largest absolute Gasteiger partial charge is 0.462 e. The standard InChI is InChI=1S/C77H128O6/c1-4-7-10-13-16-19-22-25-27-29-31-32-33-34-35-36-37-38-39-40-41-42-43-44-46-47-49-52-55-58-61-64-67-70-76(79)82-73-74(72-81-75(78)69-66-63-60-57-54-51-24-21-18-15-12-9-6-3)83-77(80)71-68-65-62-59-56-53-50-48-45-30-28-26-23-20-17-14-11-8-5-2/h8,11-12,15,17,20-22,24-26,28-29,31,33-34,45,48,53,56,62,65,74H,4-7,9-10,13-14,16,18-19,23,27,30,32,35-44,46-47,49-52,54-55,57-61,63-64,66-73H2,1-3H3/b11-8-,15-12-,20-17-,24-21-,25-22-,28-26-,31-29-,34-33-,48-45-,56-53-,65-62-. The molecule has 0 rings (SSSR count). The number of esters is 3. The molecule has 0 bridgehead atoms. The summed E-state index contributed by atoms with van der Waals surface area (Å²) in [5, 5.41) is 0. The van der Waals surface area contributed by atoms with Gasteiger partial charge in [0.1, 0.15) is 13.2 Å². The van der Waals surface area contributed by atoms with E-state index in [4.69, 9.17) is 14.2 Å². The predicted octanol–water partition coefficient (Wildman–Crippen LogP) is 24.1. The van der Waals surface area contributed by atoms with Crippen molar-refractivity contribution in [2.75, 3.05) is 13.2 Å². The van der Waals surface area contributed by atoms with E-state index < -0.39 is 12.1 Å². The minimum absolute atomic E-state index is 0.114. The van der Waals surface area contributed by atoms with E-state index in [9.17, 15) is 14.4 Å². The summed E-state index contributed by atoms with van der Waals surface area (Å²) in [6.45, 7) is 6.39. The lowest BCUT2D eigenvalue weighted by Gasteiger charge is -2.18. The molecule has 0 N–H and O–H groups in total. The van der Waals surface area contributed by atoms with Gasteiger partial charge >= 0.3 is 17.9 Å². The fraction of sp³-hybridized carbons (Fsp3) is 0.675. The molecule has 83 heavy (non-hydrogen) atoms. The van der Waals surface area contributed by atoms with Gasteiger partial charge in [-0.1, -0.05) is 309 Å². The molecular weight excluding hydrogens is 1020 g/mol. The van der Waals surface area contributed by atoms with Gasteiger partial charge in [-0.2, -0.15) is 0 Å². The number of allylic oxidation sites excluding steroid dienone is 22. The number of carbonyl (C=O) groups excluding carboxylic acids is 3. The summed E-state index contributed by atoms with van der Waals surface area (Å²) in [4.78, 5) is 38.3. The number of hydrogen-bond acceptors (Lipinski definition) is 6. The van der Waals surface area contributed by atoms with Crippen LogP contribution in [0.5, 0.6) is 0 Å². The fourth-order valence-electron chi connectivity index (χ4n) is 9.46. The van der Waals surface area contributed by atoms with Gasteiger partial charge in [-0.3, -0.25) is 14.4 Å². The van der Waals surface area contributed by atoms with Crippen molar-refractivity contribution in [3.63, 3.8) is 0 Å². The Hall–Kier alpha value is -4.45. The van der Waals surface area contributed by atoms with E-state index in [1.807, 2.05) is 6.08 Å². The van der Waals surface area contributed by atoms with Crippen LogP contribution in [0.4, 0.5) is 0 Å². The lowest BCUT2D eigenvalue weighted by Crippen LogP contribution is -2.30. The first kappa shape index (κ1) is 78.5. The monoisotopic (exact) mass is 1150 g/mol. The van der Waals surface area contributed by atoms with Crippen LogP contribution in [-0.2, 0) is 28.6 Å². The summed E-state index contributed by atoms with van der Waals surface area (Å²) < 4.78 is 16.8. The molecule has 0 amide bonds. The second-order valence-corrected chi connectivity index (χ2v) is 22.7. The van der Waals surface area contributed by atoms with Crippen molar-refractivity contribution in [1.82, 2.24) is 0 Å². The minimum atomic E-state index is -0.829. The molecule has 0 aliphatic rings. The van der Waals surface area contributed by atoms with Crippen LogP contribution < -0.4 is 0 Å². The topological polar surface area (TPSA) is 78.9 Å². The third-order valence-electron chi connectivity index (χ3n) is 14.6. The molecule has 0 spiro atoms. The van der Waals surface area contributed by atoms with Gasteiger partial charge in [0.25, 0.3) is 0 Å². The average molecular weight is 1150 g/mol. The molecule has 0 aliphatic carbocycles. The Kier molecular flexibility index (Phi) is 66.3. The molecule has 0 heterocycles. The van der Waals surface area contributed by atoms with Crippen molar-refractivity contribution in [3.05, 3.63) is 134 Å². The molecule has 1 unspecified atom stereocenters. The first-order chi connectivity index (χ1) is 41.0. The summed E-state index contributed by atoms with van der Waals surface area (Å²) in [5.74, 6) is -1.01. The van der Waals surface area contributed by atoms with Gasteiger partial charge in [0.15, 0.2) is 6.10 Å². The van der Waals surface area contributed by atoms with Crippen LogP contribution in [0.1, 0.15) is 316 Å². The highest BCUT2D eigenvalue weighted by molar-refractivity contribution is 5.71. The average Bonchev–Trinajstić information content (AvgIpc) is 3.49. The molecule has 0 aromatic heterocycles. The van der Waals surface area contributed by atoms with Gasteiger partial charge in [0, 0.05) is 19.3 Å². The van der Waals surface area contributed by atoms with Crippen LogP contribution in [0.15, 0.2) is 134 Å². The molecule has 6 nitrogen and oxygen atoms in total. The van der Waals surface area contributed by atoms with Crippen LogP contribution in [0.3, 0.4) is 0 Å². The Labute approximate surface area is 513 Å². The lowest BCUT2D eigenvalue weighted by molar-refractivity contribution is -0.166. The van der Waals surface area contributed by atoms with Gasteiger partial charge in [-0.25, -0.2) is 0 Å². The van der Waals surface area contributed by atoms with E-state index in [-0.39, 0.29) is 31.6 Å². The second kappa shape index (κ2) is 70.0. The Morgan fingerprint density at radius 3 is 0.831 bits per heavy atom. The van der Waals surface area contributed by atoms with E-state index in [2.05, 4.69) is 148 Å². The zero-order chi connectivity index (χ0) is 59.9. The smallest absolute Gasteiger partial charge is 0.306 e. The quantitative estimate of drug-likeness (QED) is 0.0261. The van der Waals surface area contributed by atoms with Crippen molar-refractivity contribution >= 4 is 17.9 Å². The van der Waals surface area contributed by atoms with Crippen LogP contribution >= 0.6 is 0 Å². The minimum Gasteiger partial charge on any atom is -0.462 e. The SMILES string of the molecule is CC/C=C\C/C=C\C/C=C\C/C=C\C/C=C\C/C=C\CCC(=O)OC(COC(=O)CCCCCCC/C=C\C/C=C\CCC)COC(=O)CCCCCCCCCCCCCCCCCCCC/C=C\C/C=C\C/C=C\CCCCCCC. The summed E-state index contributed by atoms with van der Waals surface area (Å²) in [6.07, 6.45) is 99.3. The third-order valence-corrected chi connectivity index (χ3v) is 14.6. The molecular formula is C77H128O6. The van der Waals surface area contributed by atoms with Crippen molar-refractivity contribution in [2.45, 2.75) is 322 Å². The summed E-state index contributed by atoms with van der Waals surface area (Å²) in [6, 6.07) is 0. The predicted molar refractivity (Wildman–Crippen MR) is 362 cm³/mol. The lowest BCUT2D eigenvalue weighted by atomic mass is 10.0. The van der Waals surface area contributed by atoms with Crippen LogP contribution in [0.25, 0.3) is 0 Å². The molecule has 0 aliphatic heterocycles. The number of carbonyl (C=O) groups is 3. The molecule has 0 aromatic rings. The number of hydrogen-bond donors (Lipinski definition) is 0. The van der Waals surface area contributed by atoms with Gasteiger partial charge in [0.05, 0.1) is 0 Å². The first-order valence-corrected chi connectivity index (χ1v) is 34.7. The summed E-state index contributed by atoms with van der Waals surface area (Å²) in [7, 11) is 0. The third kappa shape index (κ3) is 68.2. The molecule has 0 saturated heterocycles. The summed E-state index contributed by atoms with van der Waals surface area (Å²) >= 11 is 0. The maximum absolute atomic E-state index is 12.9. The number of unbranched alkanes of at least 4 members (excludes halogenated alkanes) is 29. The van der Waals surface area contributed by atoms with Crippen molar-refractivity contribution in [1.29, 1.82) is 0 Å². The first-order valence-electron chi connectivity index (χ1n) is 34.7. The number of ether oxygens (including phenoxy) is 3. The Bertz CT molecular complexity index is 1750. The zero-order valence-corrected chi connectivity index (χ0v) is 54.2. The molecule has 0 radical (unpaired) electrons. The molecule has 0 saturated carbocycles. The molecule has 472 valence electrons. The van der Waals surface area contributed by atoms with Crippen LogP contribution in [0.2, 0.25) is 0 Å². The number of rotatable bonds is 62. The van der Waals surface area contributed by atoms with Crippen molar-refractivity contribution in [2.24, 2.45) is 0 Å². The summed E-state index contributed by atoms with van der Waals surface area (Å²) in [5.41, 5.74) is 0. The van der Waals surface area contributed by atoms with Crippen molar-refractivity contribution < 1.29 is 28.6 Å². The van der Waals surface area contributed by atoms with Gasteiger partial charge in [-0.15, -0.1) is 0 Å². The normalized spacial score (nSPS) is 13.0. The zero-order valence-electron chi connectivity index (χ0n) is 54.2. The maximum atomic E-state index is 12.9.